The van der Waals surface area contributed by atoms with Crippen molar-refractivity contribution in [2.24, 2.45) is 0 Å². The smallest absolute Gasteiger partial charge is 1.00 e. The number of rotatable bonds is 4. The molecule has 16 heavy (non-hydrogen) atoms. The average Bonchev–Trinajstić information content (AvgIpc) is 2.48. The van der Waals surface area contributed by atoms with Gasteiger partial charge >= 0.3 is 21.7 Å². The Morgan fingerprint density at radius 3 is 2.38 bits per heavy atom. The molecule has 0 amide bonds. The molecule has 0 atom stereocenters. The third-order valence-electron chi connectivity index (χ3n) is 1.89. The zero-order valence-electron chi connectivity index (χ0n) is 10.1. The Kier molecular flexibility index (Phi) is 15.7. The summed E-state index contributed by atoms with van der Waals surface area (Å²) in [6.07, 6.45) is 11.3. The Hall–Kier alpha value is 1.12. The second-order valence-electron chi connectivity index (χ2n) is 4.37. The van der Waals surface area contributed by atoms with Gasteiger partial charge in [-0.2, -0.15) is 17.8 Å². The van der Waals surface area contributed by atoms with Crippen molar-refractivity contribution >= 4 is 11.8 Å². The molecule has 0 nitrogen and oxygen atoms in total. The van der Waals surface area contributed by atoms with Crippen LogP contribution >= 0.6 is 11.8 Å². The van der Waals surface area contributed by atoms with Crippen LogP contribution in [0.4, 0.5) is 0 Å². The number of thioether (sulfide) groups is 1. The molecule has 0 aromatic rings. The van der Waals surface area contributed by atoms with Crippen molar-refractivity contribution in [3.63, 3.8) is 0 Å². The molecular formula is C12H19Cl2STi. The summed E-state index contributed by atoms with van der Waals surface area (Å²) in [6.45, 7) is 6.83. The van der Waals surface area contributed by atoms with Gasteiger partial charge in [0, 0.05) is 4.75 Å². The number of hydrogen-bond acceptors (Lipinski definition) is 1. The van der Waals surface area contributed by atoms with Crippen molar-refractivity contribution in [1.29, 1.82) is 0 Å². The van der Waals surface area contributed by atoms with Gasteiger partial charge in [0.1, 0.15) is 0 Å². The van der Waals surface area contributed by atoms with Crippen molar-refractivity contribution in [3.8, 4) is 0 Å². The first-order chi connectivity index (χ1) is 6.08. The largest absolute Gasteiger partial charge is 3.00 e. The zero-order chi connectivity index (χ0) is 9.73. The predicted molar refractivity (Wildman–Crippen MR) is 62.0 cm³/mol. The molecule has 0 saturated heterocycles. The van der Waals surface area contributed by atoms with Gasteiger partial charge in [-0.3, -0.25) is 6.08 Å². The quantitative estimate of drug-likeness (QED) is 0.328. The second kappa shape index (κ2) is 11.2. The molecule has 1 radical (unpaired) electrons. The molecule has 1 rings (SSSR count). The third kappa shape index (κ3) is 11.6. The molecule has 0 N–H and O–H groups in total. The third-order valence-corrected chi connectivity index (χ3v) is 3.25. The number of halogens is 2. The van der Waals surface area contributed by atoms with Gasteiger partial charge < -0.3 is 24.8 Å². The Morgan fingerprint density at radius 1 is 1.31 bits per heavy atom. The normalized spacial score (nSPS) is 13.3. The summed E-state index contributed by atoms with van der Waals surface area (Å²) in [5.41, 5.74) is 1.41. The first kappa shape index (κ1) is 22.3. The first-order valence-electron chi connectivity index (χ1n) is 4.98. The fraction of sp³-hybridized carbons (Fsp3) is 0.667. The first-order valence-corrected chi connectivity index (χ1v) is 5.97. The van der Waals surface area contributed by atoms with Gasteiger partial charge in [0.25, 0.3) is 0 Å². The van der Waals surface area contributed by atoms with E-state index in [-0.39, 0.29) is 46.5 Å². The maximum atomic E-state index is 3.35. The summed E-state index contributed by atoms with van der Waals surface area (Å²) in [5, 5.41) is 0. The van der Waals surface area contributed by atoms with E-state index in [1.165, 1.54) is 24.2 Å². The standard InChI is InChI=1S/C12H19S.2ClH.Ti/c1-12(2,3)13-10-6-9-11-7-4-5-8-11;;;/h4,7H,5-6,9-10H2,1-3H3;2*1H;/q-1;;;+3/p-2. The van der Waals surface area contributed by atoms with Crippen LogP contribution in [-0.4, -0.2) is 10.5 Å². The van der Waals surface area contributed by atoms with Crippen molar-refractivity contribution in [3.05, 3.63) is 23.8 Å². The van der Waals surface area contributed by atoms with Crippen molar-refractivity contribution in [2.45, 2.75) is 44.8 Å². The van der Waals surface area contributed by atoms with Crippen LogP contribution in [-0.2, 0) is 21.7 Å². The van der Waals surface area contributed by atoms with Crippen molar-refractivity contribution in [2.75, 3.05) is 5.75 Å². The Balaban J connectivity index is -0.000000563. The van der Waals surface area contributed by atoms with Gasteiger partial charge in [0.2, 0.25) is 0 Å². The van der Waals surface area contributed by atoms with Gasteiger partial charge in [0.15, 0.2) is 0 Å². The summed E-state index contributed by atoms with van der Waals surface area (Å²) in [6, 6.07) is 0. The second-order valence-corrected chi connectivity index (χ2v) is 6.29. The molecule has 0 saturated carbocycles. The Bertz CT molecular complexity index is 220. The molecule has 1 aliphatic rings. The van der Waals surface area contributed by atoms with E-state index in [1.54, 1.807) is 0 Å². The van der Waals surface area contributed by atoms with Crippen molar-refractivity contribution in [1.82, 2.24) is 0 Å². The van der Waals surface area contributed by atoms with E-state index >= 15 is 0 Å². The van der Waals surface area contributed by atoms with E-state index in [0.717, 1.165) is 6.42 Å². The molecule has 91 valence electrons. The van der Waals surface area contributed by atoms with Crippen molar-refractivity contribution < 1.29 is 46.5 Å². The number of hydrogen-bond donors (Lipinski definition) is 0. The molecular weight excluding hydrogens is 295 g/mol. The average molecular weight is 314 g/mol. The van der Waals surface area contributed by atoms with Crippen LogP contribution in [0, 0.1) is 6.08 Å². The topological polar surface area (TPSA) is 0 Å². The summed E-state index contributed by atoms with van der Waals surface area (Å²) in [7, 11) is 0. The molecule has 0 aromatic carbocycles. The summed E-state index contributed by atoms with van der Waals surface area (Å²) >= 11 is 2.05. The summed E-state index contributed by atoms with van der Waals surface area (Å²) in [5.74, 6) is 1.27. The van der Waals surface area contributed by atoms with Gasteiger partial charge in [-0.15, -0.1) is 6.42 Å². The van der Waals surface area contributed by atoms with E-state index in [9.17, 15) is 0 Å². The molecule has 0 spiro atoms. The molecule has 0 fully saturated rings. The molecule has 0 bridgehead atoms. The van der Waals surface area contributed by atoms with Crippen LogP contribution in [0.25, 0.3) is 0 Å². The fourth-order valence-electron chi connectivity index (χ4n) is 1.26. The van der Waals surface area contributed by atoms with Gasteiger partial charge in [-0.1, -0.05) is 27.2 Å². The Morgan fingerprint density at radius 2 is 1.94 bits per heavy atom. The van der Waals surface area contributed by atoms with E-state index in [1.807, 2.05) is 0 Å². The van der Waals surface area contributed by atoms with Crippen LogP contribution in [0.5, 0.6) is 0 Å². The summed E-state index contributed by atoms with van der Waals surface area (Å²) < 4.78 is 0.420. The molecule has 0 aliphatic heterocycles. The SMILES string of the molecule is CC(C)(C)SCCCC1=[C-]CC=C1.[Cl-].[Cl-].[Ti+3]. The van der Waals surface area contributed by atoms with Gasteiger partial charge in [-0.25, -0.2) is 11.6 Å². The van der Waals surface area contributed by atoms with Crippen LogP contribution in [0.15, 0.2) is 17.7 Å². The zero-order valence-corrected chi connectivity index (χ0v) is 14.0. The van der Waals surface area contributed by atoms with Crippen LogP contribution < -0.4 is 24.8 Å². The van der Waals surface area contributed by atoms with Crippen LogP contribution in [0.1, 0.15) is 40.0 Å². The van der Waals surface area contributed by atoms with E-state index in [0.29, 0.717) is 4.75 Å². The summed E-state index contributed by atoms with van der Waals surface area (Å²) in [4.78, 5) is 0. The predicted octanol–water partition coefficient (Wildman–Crippen LogP) is -2.01. The Labute approximate surface area is 132 Å². The number of allylic oxidation sites excluding steroid dienone is 4. The van der Waals surface area contributed by atoms with E-state index < -0.39 is 0 Å². The minimum absolute atomic E-state index is 0. The van der Waals surface area contributed by atoms with Gasteiger partial charge in [-0.05, 0) is 12.2 Å². The van der Waals surface area contributed by atoms with E-state index in [2.05, 4.69) is 50.8 Å². The maximum Gasteiger partial charge on any atom is 3.00 e. The fourth-order valence-corrected chi connectivity index (χ4v) is 2.16. The minimum atomic E-state index is 0. The molecule has 0 heterocycles. The van der Waals surface area contributed by atoms with Gasteiger partial charge in [0.05, 0.1) is 0 Å². The monoisotopic (exact) mass is 313 g/mol. The molecule has 1 aliphatic carbocycles. The molecule has 4 heteroatoms. The minimum Gasteiger partial charge on any atom is -1.00 e. The van der Waals surface area contributed by atoms with E-state index in [4.69, 9.17) is 0 Å². The van der Waals surface area contributed by atoms with Crippen LogP contribution in [0.3, 0.4) is 0 Å². The maximum absolute atomic E-state index is 3.35. The van der Waals surface area contributed by atoms with Crippen LogP contribution in [0.2, 0.25) is 0 Å². The molecule has 0 aromatic heterocycles. The molecule has 0 unspecified atom stereocenters.